The first kappa shape index (κ1) is 8.43. The summed E-state index contributed by atoms with van der Waals surface area (Å²) in [4.78, 5) is 30.7. The van der Waals surface area contributed by atoms with Gasteiger partial charge in [-0.3, -0.25) is 0 Å². The van der Waals surface area contributed by atoms with Crippen molar-refractivity contribution in [2.75, 3.05) is 6.61 Å². The lowest BCUT2D eigenvalue weighted by molar-refractivity contribution is -0.145. The number of carboxylic acid groups (broad SMARTS) is 1. The molecule has 1 aliphatic rings. The fraction of sp³-hybridized carbons (Fsp3) is 0.286. The van der Waals surface area contributed by atoms with E-state index in [0.29, 0.717) is 0 Å². The Bertz CT molecular complexity index is 317. The number of carbonyl (C=O) groups is 1. The molecule has 1 atom stereocenters. The maximum atomic E-state index is 10.4. The molecule has 1 rings (SSSR count). The fourth-order valence-corrected chi connectivity index (χ4v) is 0.880. The smallest absolute Gasteiger partial charge is 0.338 e. The van der Waals surface area contributed by atoms with E-state index in [4.69, 9.17) is 5.11 Å². The summed E-state index contributed by atoms with van der Waals surface area (Å²) < 4.78 is 4.62. The van der Waals surface area contributed by atoms with Gasteiger partial charge >= 0.3 is 5.97 Å². The molecule has 0 aromatic rings. The number of hydrogen-bond acceptors (Lipinski definition) is 4. The van der Waals surface area contributed by atoms with E-state index in [1.807, 2.05) is 0 Å². The van der Waals surface area contributed by atoms with Crippen LogP contribution in [0.15, 0.2) is 11.1 Å². The Hall–Kier alpha value is -1.67. The number of carbonyl (C=O) groups excluding carboxylic acids is 2. The number of carboxylic acids is 1. The van der Waals surface area contributed by atoms with Crippen molar-refractivity contribution in [3.63, 3.8) is 0 Å². The topological polar surface area (TPSA) is 80.7 Å². The van der Waals surface area contributed by atoms with E-state index in [1.54, 1.807) is 0 Å². The highest BCUT2D eigenvalue weighted by Gasteiger charge is 2.34. The van der Waals surface area contributed by atoms with E-state index in [1.165, 1.54) is 11.9 Å². The summed E-state index contributed by atoms with van der Waals surface area (Å²) in [5, 5.41) is 8.46. The van der Waals surface area contributed by atoms with Crippen molar-refractivity contribution in [1.82, 2.24) is 0 Å². The molecule has 12 heavy (non-hydrogen) atoms. The molecule has 0 aromatic carbocycles. The fourth-order valence-electron chi connectivity index (χ4n) is 0.880. The molecule has 0 spiro atoms. The zero-order valence-electron chi connectivity index (χ0n) is 5.86. The number of hydrogen-bond donors (Lipinski definition) is 1. The summed E-state index contributed by atoms with van der Waals surface area (Å²) in [7, 11) is 0. The first-order valence-electron chi connectivity index (χ1n) is 3.04. The second kappa shape index (κ2) is 3.15. The lowest BCUT2D eigenvalue weighted by Gasteiger charge is -1.99. The Labute approximate surface area is 66.9 Å². The van der Waals surface area contributed by atoms with Gasteiger partial charge in [-0.25, -0.2) is 14.4 Å². The lowest BCUT2D eigenvalue weighted by Crippen LogP contribution is -2.20. The molecule has 0 aliphatic carbocycles. The number of aliphatic carboxylic acids is 1. The van der Waals surface area contributed by atoms with Gasteiger partial charge in [0.15, 0.2) is 6.10 Å². The molecule has 1 saturated heterocycles. The van der Waals surface area contributed by atoms with Crippen LogP contribution in [0.3, 0.4) is 0 Å². The Morgan fingerprint density at radius 1 is 1.50 bits per heavy atom. The van der Waals surface area contributed by atoms with Gasteiger partial charge < -0.3 is 9.84 Å². The van der Waals surface area contributed by atoms with Crippen molar-refractivity contribution in [2.45, 2.75) is 6.10 Å². The van der Waals surface area contributed by atoms with Crippen LogP contribution in [0.2, 0.25) is 0 Å². The SMILES string of the molecule is O=C=C1COC(C(=O)O)C1=C=O. The van der Waals surface area contributed by atoms with Crippen LogP contribution in [-0.4, -0.2) is 35.7 Å². The van der Waals surface area contributed by atoms with Gasteiger partial charge in [0.25, 0.3) is 0 Å². The molecule has 1 heterocycles. The van der Waals surface area contributed by atoms with E-state index in [0.717, 1.165) is 0 Å². The normalized spacial score (nSPS) is 21.8. The van der Waals surface area contributed by atoms with Crippen molar-refractivity contribution in [3.05, 3.63) is 11.1 Å². The Morgan fingerprint density at radius 2 is 2.17 bits per heavy atom. The van der Waals surface area contributed by atoms with Gasteiger partial charge in [0, 0.05) is 0 Å². The highest BCUT2D eigenvalue weighted by Crippen LogP contribution is 2.20. The Morgan fingerprint density at radius 3 is 2.58 bits per heavy atom. The average Bonchev–Trinajstić information content (AvgIpc) is 2.46. The average molecular weight is 168 g/mol. The molecule has 0 saturated carbocycles. The zero-order valence-corrected chi connectivity index (χ0v) is 5.86. The molecule has 0 radical (unpaired) electrons. The van der Waals surface area contributed by atoms with E-state index in [2.05, 4.69) is 4.74 Å². The molecule has 0 bridgehead atoms. The quantitative estimate of drug-likeness (QED) is 0.507. The van der Waals surface area contributed by atoms with Gasteiger partial charge in [0.05, 0.1) is 17.8 Å². The summed E-state index contributed by atoms with van der Waals surface area (Å²) in [6.07, 6.45) is -1.36. The highest BCUT2D eigenvalue weighted by atomic mass is 16.5. The highest BCUT2D eigenvalue weighted by molar-refractivity contribution is 5.87. The standard InChI is InChI=1S/C7H4O5/c8-1-4-3-12-6(7(10)11)5(4)2-9/h6H,3H2,(H,10,11). The van der Waals surface area contributed by atoms with Crippen LogP contribution in [0, 0.1) is 0 Å². The largest absolute Gasteiger partial charge is 0.479 e. The van der Waals surface area contributed by atoms with Gasteiger partial charge in [0.2, 0.25) is 0 Å². The van der Waals surface area contributed by atoms with E-state index in [-0.39, 0.29) is 17.8 Å². The van der Waals surface area contributed by atoms with Gasteiger partial charge in [-0.05, 0) is 0 Å². The number of rotatable bonds is 1. The molecule has 1 aliphatic heterocycles. The van der Waals surface area contributed by atoms with Crippen LogP contribution in [0.1, 0.15) is 0 Å². The minimum absolute atomic E-state index is 0.0719. The summed E-state index contributed by atoms with van der Waals surface area (Å²) in [6, 6.07) is 0. The van der Waals surface area contributed by atoms with Crippen LogP contribution >= 0.6 is 0 Å². The predicted molar refractivity (Wildman–Crippen MR) is 35.8 cm³/mol. The molecular formula is C7H4O5. The lowest BCUT2D eigenvalue weighted by atomic mass is 10.1. The van der Waals surface area contributed by atoms with Crippen LogP contribution in [0.4, 0.5) is 0 Å². The summed E-state index contributed by atoms with van der Waals surface area (Å²) in [5.41, 5.74) is -0.338. The van der Waals surface area contributed by atoms with Gasteiger partial charge in [-0.15, -0.1) is 0 Å². The molecule has 62 valence electrons. The minimum Gasteiger partial charge on any atom is -0.479 e. The van der Waals surface area contributed by atoms with Crippen LogP contribution < -0.4 is 0 Å². The monoisotopic (exact) mass is 168 g/mol. The van der Waals surface area contributed by atoms with Crippen LogP contribution in [0.5, 0.6) is 0 Å². The molecule has 1 unspecified atom stereocenters. The van der Waals surface area contributed by atoms with Gasteiger partial charge in [-0.2, -0.15) is 0 Å². The minimum atomic E-state index is -1.36. The molecule has 0 aromatic heterocycles. The summed E-state index contributed by atoms with van der Waals surface area (Å²) in [6.45, 7) is -0.189. The van der Waals surface area contributed by atoms with Crippen molar-refractivity contribution >= 4 is 17.9 Å². The maximum absolute atomic E-state index is 10.4. The van der Waals surface area contributed by atoms with E-state index >= 15 is 0 Å². The molecule has 5 heteroatoms. The third-order valence-electron chi connectivity index (χ3n) is 1.44. The number of ether oxygens (including phenoxy) is 1. The molecular weight excluding hydrogens is 164 g/mol. The molecule has 0 amide bonds. The summed E-state index contributed by atoms with van der Waals surface area (Å²) in [5.74, 6) is 1.48. The van der Waals surface area contributed by atoms with E-state index < -0.39 is 12.1 Å². The second-order valence-corrected chi connectivity index (χ2v) is 2.13. The zero-order chi connectivity index (χ0) is 9.14. The third kappa shape index (κ3) is 1.20. The maximum Gasteiger partial charge on any atom is 0.338 e. The summed E-state index contributed by atoms with van der Waals surface area (Å²) >= 11 is 0. The van der Waals surface area contributed by atoms with Crippen molar-refractivity contribution in [2.24, 2.45) is 0 Å². The Kier molecular flexibility index (Phi) is 2.21. The van der Waals surface area contributed by atoms with Crippen molar-refractivity contribution < 1.29 is 24.2 Å². The van der Waals surface area contributed by atoms with Crippen molar-refractivity contribution in [1.29, 1.82) is 0 Å². The first-order valence-corrected chi connectivity index (χ1v) is 3.04. The molecule has 1 N–H and O–H groups in total. The Balaban J connectivity index is 3.08. The second-order valence-electron chi connectivity index (χ2n) is 2.13. The van der Waals surface area contributed by atoms with Gasteiger partial charge in [-0.1, -0.05) is 0 Å². The van der Waals surface area contributed by atoms with Gasteiger partial charge in [0.1, 0.15) is 11.9 Å². The molecule has 5 nitrogen and oxygen atoms in total. The first-order chi connectivity index (χ1) is 5.70. The van der Waals surface area contributed by atoms with Crippen LogP contribution in [0.25, 0.3) is 0 Å². The molecule has 1 fully saturated rings. The van der Waals surface area contributed by atoms with Crippen molar-refractivity contribution in [3.8, 4) is 0 Å². The third-order valence-corrected chi connectivity index (χ3v) is 1.44. The van der Waals surface area contributed by atoms with Crippen LogP contribution in [-0.2, 0) is 19.1 Å². The van der Waals surface area contributed by atoms with E-state index in [9.17, 15) is 14.4 Å². The predicted octanol–water partition coefficient (Wildman–Crippen LogP) is -1.01.